The summed E-state index contributed by atoms with van der Waals surface area (Å²) in [5.74, 6) is -1.20. The van der Waals surface area contributed by atoms with Crippen molar-refractivity contribution >= 4 is 12.1 Å². The molecule has 2 aromatic rings. The molecule has 1 aliphatic rings. The van der Waals surface area contributed by atoms with Crippen LogP contribution in [0, 0.1) is 5.41 Å². The molecular formula is C22H23NO4. The molecule has 5 nitrogen and oxygen atoms in total. The van der Waals surface area contributed by atoms with Crippen molar-refractivity contribution in [3.63, 3.8) is 0 Å². The number of nitrogens with one attached hydrogen (secondary N) is 1. The Morgan fingerprint density at radius 2 is 1.67 bits per heavy atom. The lowest BCUT2D eigenvalue weighted by Crippen LogP contribution is -2.49. The number of carbonyl (C=O) groups is 2. The van der Waals surface area contributed by atoms with E-state index in [-0.39, 0.29) is 12.5 Å². The molecular weight excluding hydrogens is 342 g/mol. The molecule has 27 heavy (non-hydrogen) atoms. The highest BCUT2D eigenvalue weighted by Gasteiger charge is 2.35. The first-order valence-electron chi connectivity index (χ1n) is 8.83. The van der Waals surface area contributed by atoms with Gasteiger partial charge in [-0.2, -0.15) is 0 Å². The number of fused-ring (bicyclic) bond motifs is 3. The maximum atomic E-state index is 12.3. The summed E-state index contributed by atoms with van der Waals surface area (Å²) in [7, 11) is 0. The van der Waals surface area contributed by atoms with Gasteiger partial charge in [-0.3, -0.25) is 0 Å². The van der Waals surface area contributed by atoms with Gasteiger partial charge in [-0.25, -0.2) is 9.59 Å². The molecule has 140 valence electrons. The Bertz CT molecular complexity index is 842. The lowest BCUT2D eigenvalue weighted by molar-refractivity contribution is -0.141. The van der Waals surface area contributed by atoms with Gasteiger partial charge in [-0.05, 0) is 22.3 Å². The highest BCUT2D eigenvalue weighted by Crippen LogP contribution is 2.44. The lowest BCUT2D eigenvalue weighted by Gasteiger charge is -2.28. The molecule has 1 atom stereocenters. The molecule has 5 heteroatoms. The lowest BCUT2D eigenvalue weighted by atomic mass is 9.84. The quantitative estimate of drug-likeness (QED) is 0.753. The largest absolute Gasteiger partial charge is 0.480 e. The molecule has 0 aliphatic heterocycles. The highest BCUT2D eigenvalue weighted by molar-refractivity contribution is 5.81. The third-order valence-corrected chi connectivity index (χ3v) is 5.12. The van der Waals surface area contributed by atoms with Crippen LogP contribution in [0.3, 0.4) is 0 Å². The molecule has 0 radical (unpaired) electrons. The minimum absolute atomic E-state index is 0.0705. The van der Waals surface area contributed by atoms with E-state index in [4.69, 9.17) is 4.74 Å². The fraction of sp³-hybridized carbons (Fsp3) is 0.273. The van der Waals surface area contributed by atoms with E-state index in [1.807, 2.05) is 36.4 Å². The van der Waals surface area contributed by atoms with E-state index in [0.29, 0.717) is 0 Å². The first-order valence-corrected chi connectivity index (χ1v) is 8.83. The van der Waals surface area contributed by atoms with Gasteiger partial charge in [0.2, 0.25) is 0 Å². The molecule has 0 aromatic heterocycles. The fourth-order valence-corrected chi connectivity index (χ4v) is 3.44. The van der Waals surface area contributed by atoms with E-state index >= 15 is 0 Å². The summed E-state index contributed by atoms with van der Waals surface area (Å²) in [6.07, 6.45) is 0.759. The van der Waals surface area contributed by atoms with Crippen LogP contribution in [0.1, 0.15) is 30.9 Å². The zero-order valence-corrected chi connectivity index (χ0v) is 15.4. The van der Waals surface area contributed by atoms with E-state index in [1.54, 1.807) is 13.8 Å². The summed E-state index contributed by atoms with van der Waals surface area (Å²) in [6.45, 7) is 7.18. The smallest absolute Gasteiger partial charge is 0.407 e. The Morgan fingerprint density at radius 1 is 1.15 bits per heavy atom. The maximum absolute atomic E-state index is 12.3. The predicted octanol–water partition coefficient (Wildman–Crippen LogP) is 4.19. The van der Waals surface area contributed by atoms with Crippen LogP contribution in [-0.2, 0) is 9.53 Å². The Morgan fingerprint density at radius 3 is 2.15 bits per heavy atom. The topological polar surface area (TPSA) is 75.6 Å². The SMILES string of the molecule is C=CC(C)(C)[C@H](NC(=O)OCC1c2ccccc2-c2ccccc21)C(=O)O. The minimum atomic E-state index is -1.13. The number of carboxylic acid groups (broad SMARTS) is 1. The number of hydrogen-bond acceptors (Lipinski definition) is 3. The van der Waals surface area contributed by atoms with Gasteiger partial charge in [0.25, 0.3) is 0 Å². The van der Waals surface area contributed by atoms with Crippen molar-refractivity contribution < 1.29 is 19.4 Å². The summed E-state index contributed by atoms with van der Waals surface area (Å²) in [5.41, 5.74) is 3.68. The van der Waals surface area contributed by atoms with Crippen LogP contribution in [0.4, 0.5) is 4.79 Å². The van der Waals surface area contributed by atoms with E-state index in [0.717, 1.165) is 22.3 Å². The highest BCUT2D eigenvalue weighted by atomic mass is 16.5. The summed E-state index contributed by atoms with van der Waals surface area (Å²) in [4.78, 5) is 23.8. The molecule has 2 aromatic carbocycles. The van der Waals surface area contributed by atoms with Crippen molar-refractivity contribution in [3.05, 3.63) is 72.3 Å². The van der Waals surface area contributed by atoms with Crippen molar-refractivity contribution in [1.29, 1.82) is 0 Å². The molecule has 0 spiro atoms. The second-order valence-corrected chi connectivity index (χ2v) is 7.27. The number of aliphatic carboxylic acids is 1. The van der Waals surface area contributed by atoms with E-state index in [2.05, 4.69) is 24.0 Å². The Balaban J connectivity index is 1.74. The molecule has 3 rings (SSSR count). The third kappa shape index (κ3) is 3.58. The Hall–Kier alpha value is -3.08. The number of alkyl carbamates (subject to hydrolysis) is 1. The normalized spacial score (nSPS) is 14.0. The Labute approximate surface area is 158 Å². The van der Waals surface area contributed by atoms with Crippen LogP contribution in [0.15, 0.2) is 61.2 Å². The molecule has 0 fully saturated rings. The van der Waals surface area contributed by atoms with E-state index < -0.39 is 23.5 Å². The number of carboxylic acids is 1. The fourth-order valence-electron chi connectivity index (χ4n) is 3.44. The standard InChI is InChI=1S/C22H23NO4/c1-4-22(2,3)19(20(24)25)23-21(26)27-13-18-16-11-7-5-9-14(16)15-10-6-8-12-17(15)18/h4-12,18-19H,1,13H2,2-3H3,(H,23,26)(H,24,25)/t19-/m1/s1. The molecule has 1 amide bonds. The summed E-state index contributed by atoms with van der Waals surface area (Å²) < 4.78 is 5.41. The van der Waals surface area contributed by atoms with Gasteiger partial charge >= 0.3 is 12.1 Å². The molecule has 0 heterocycles. The van der Waals surface area contributed by atoms with Crippen molar-refractivity contribution in [2.45, 2.75) is 25.8 Å². The second-order valence-electron chi connectivity index (χ2n) is 7.27. The van der Waals surface area contributed by atoms with Crippen LogP contribution >= 0.6 is 0 Å². The van der Waals surface area contributed by atoms with Crippen molar-refractivity contribution in [1.82, 2.24) is 5.32 Å². The van der Waals surface area contributed by atoms with Gasteiger partial charge in [-0.1, -0.05) is 68.5 Å². The van der Waals surface area contributed by atoms with Gasteiger partial charge in [-0.15, -0.1) is 6.58 Å². The predicted molar refractivity (Wildman–Crippen MR) is 104 cm³/mol. The molecule has 2 N–H and O–H groups in total. The van der Waals surface area contributed by atoms with Gasteiger partial charge in [0, 0.05) is 11.3 Å². The third-order valence-electron chi connectivity index (χ3n) is 5.12. The summed E-state index contributed by atoms with van der Waals surface area (Å²) in [6, 6.07) is 15.0. The minimum Gasteiger partial charge on any atom is -0.480 e. The van der Waals surface area contributed by atoms with Gasteiger partial charge in [0.05, 0.1) is 0 Å². The zero-order chi connectivity index (χ0) is 19.6. The summed E-state index contributed by atoms with van der Waals surface area (Å²) in [5, 5.41) is 11.9. The number of amides is 1. The molecule has 1 aliphatic carbocycles. The van der Waals surface area contributed by atoms with Crippen LogP contribution in [-0.4, -0.2) is 29.8 Å². The molecule has 0 saturated carbocycles. The Kier molecular flexibility index (Phi) is 5.04. The number of hydrogen-bond donors (Lipinski definition) is 2. The van der Waals surface area contributed by atoms with Gasteiger partial charge in [0.15, 0.2) is 0 Å². The van der Waals surface area contributed by atoms with Crippen LogP contribution in [0.2, 0.25) is 0 Å². The first kappa shape index (κ1) is 18.7. The average Bonchev–Trinajstić information content (AvgIpc) is 2.98. The second kappa shape index (κ2) is 7.27. The first-order chi connectivity index (χ1) is 12.8. The number of benzene rings is 2. The molecule has 0 saturated heterocycles. The van der Waals surface area contributed by atoms with E-state index in [1.165, 1.54) is 6.08 Å². The number of ether oxygens (including phenoxy) is 1. The van der Waals surface area contributed by atoms with Crippen molar-refractivity contribution in [2.75, 3.05) is 6.61 Å². The van der Waals surface area contributed by atoms with Crippen LogP contribution in [0.5, 0.6) is 0 Å². The van der Waals surface area contributed by atoms with Gasteiger partial charge < -0.3 is 15.2 Å². The van der Waals surface area contributed by atoms with Crippen LogP contribution < -0.4 is 5.32 Å². The van der Waals surface area contributed by atoms with E-state index in [9.17, 15) is 14.7 Å². The van der Waals surface area contributed by atoms with Crippen LogP contribution in [0.25, 0.3) is 11.1 Å². The maximum Gasteiger partial charge on any atom is 0.407 e. The van der Waals surface area contributed by atoms with Gasteiger partial charge in [0.1, 0.15) is 12.6 Å². The summed E-state index contributed by atoms with van der Waals surface area (Å²) >= 11 is 0. The van der Waals surface area contributed by atoms with Crippen molar-refractivity contribution in [3.8, 4) is 11.1 Å². The zero-order valence-electron chi connectivity index (χ0n) is 15.4. The van der Waals surface area contributed by atoms with Crippen molar-refractivity contribution in [2.24, 2.45) is 5.41 Å². The molecule has 0 unspecified atom stereocenters. The average molecular weight is 365 g/mol. The monoisotopic (exact) mass is 365 g/mol. The number of rotatable bonds is 6. The number of carbonyl (C=O) groups excluding carboxylic acids is 1. The molecule has 0 bridgehead atoms.